The molecular weight excluding hydrogens is 501 g/mol. The molecule has 0 radical (unpaired) electrons. The van der Waals surface area contributed by atoms with Crippen LogP contribution in [0.2, 0.25) is 0 Å². The van der Waals surface area contributed by atoms with Gasteiger partial charge in [0.1, 0.15) is 5.82 Å². The van der Waals surface area contributed by atoms with Gasteiger partial charge in [-0.3, -0.25) is 9.78 Å². The molecule has 3 aromatic rings. The molecule has 1 fully saturated rings. The van der Waals surface area contributed by atoms with E-state index in [4.69, 9.17) is 10.5 Å². The number of benzene rings is 1. The highest BCUT2D eigenvalue weighted by molar-refractivity contribution is 9.10. The van der Waals surface area contributed by atoms with Gasteiger partial charge in [0.25, 0.3) is 5.91 Å². The highest BCUT2D eigenvalue weighted by Crippen LogP contribution is 2.30. The molecule has 4 rings (SSSR count). The molecule has 0 saturated carbocycles. The van der Waals surface area contributed by atoms with Crippen LogP contribution in [0.5, 0.6) is 0 Å². The molecule has 0 bridgehead atoms. The number of carbonyl (C=O) groups excluding carboxylic acids is 1. The molecule has 33 heavy (non-hydrogen) atoms. The zero-order valence-corrected chi connectivity index (χ0v) is 19.4. The van der Waals surface area contributed by atoms with E-state index < -0.39 is 11.7 Å². The van der Waals surface area contributed by atoms with Gasteiger partial charge in [0, 0.05) is 35.7 Å². The second-order valence-electron chi connectivity index (χ2n) is 8.14. The van der Waals surface area contributed by atoms with Crippen LogP contribution in [0.1, 0.15) is 35.0 Å². The summed E-state index contributed by atoms with van der Waals surface area (Å²) >= 11 is 3.36. The smallest absolute Gasteiger partial charge is 0.383 e. The van der Waals surface area contributed by atoms with E-state index in [-0.39, 0.29) is 24.4 Å². The Balaban J connectivity index is 1.67. The molecule has 1 aromatic carbocycles. The van der Waals surface area contributed by atoms with Gasteiger partial charge in [-0.1, -0.05) is 6.92 Å². The van der Waals surface area contributed by atoms with Gasteiger partial charge in [0.15, 0.2) is 0 Å². The molecule has 3 heterocycles. The lowest BCUT2D eigenvalue weighted by Gasteiger charge is -2.38. The summed E-state index contributed by atoms with van der Waals surface area (Å²) in [6.45, 7) is 3.10. The quantitative estimate of drug-likeness (QED) is 0.517. The van der Waals surface area contributed by atoms with Gasteiger partial charge in [-0.25, -0.2) is 4.98 Å². The summed E-state index contributed by atoms with van der Waals surface area (Å²) in [7, 11) is 0. The van der Waals surface area contributed by atoms with Crippen molar-refractivity contribution in [3.63, 3.8) is 0 Å². The Morgan fingerprint density at radius 2 is 2.06 bits per heavy atom. The highest BCUT2D eigenvalue weighted by Gasteiger charge is 2.33. The minimum atomic E-state index is -4.47. The monoisotopic (exact) mass is 522 g/mol. The first-order valence-corrected chi connectivity index (χ1v) is 11.2. The Morgan fingerprint density at radius 1 is 1.27 bits per heavy atom. The van der Waals surface area contributed by atoms with Crippen LogP contribution in [0.15, 0.2) is 47.1 Å². The number of nitrogens with two attached hydrogens (primary N) is 1. The molecule has 2 N–H and O–H groups in total. The minimum absolute atomic E-state index is 0.0632. The van der Waals surface area contributed by atoms with Crippen LogP contribution in [0, 0.1) is 5.92 Å². The van der Waals surface area contributed by atoms with Crippen molar-refractivity contribution in [1.29, 1.82) is 0 Å². The number of aromatic nitrogens is 2. The first kappa shape index (κ1) is 23.4. The lowest BCUT2D eigenvalue weighted by atomic mass is 9.95. The predicted molar refractivity (Wildman–Crippen MR) is 121 cm³/mol. The van der Waals surface area contributed by atoms with E-state index in [1.807, 2.05) is 6.92 Å². The number of carbonyl (C=O) groups is 1. The van der Waals surface area contributed by atoms with Crippen LogP contribution in [-0.2, 0) is 17.5 Å². The van der Waals surface area contributed by atoms with E-state index in [2.05, 4.69) is 25.9 Å². The van der Waals surface area contributed by atoms with Gasteiger partial charge in [-0.2, -0.15) is 13.2 Å². The standard InChI is InChI=1S/C23H22BrF3N4O2/c1-13-12-33-7-6-20(13)31(11-17-4-3-16(10-29-17)23(25,26)27)22(32)14-2-5-19-15(8-14)9-18(24)21(28)30-19/h2-5,8-10,13,20H,6-7,11-12H2,1H3,(H2,28,30)/t13-,20-/m0/s1. The molecule has 1 saturated heterocycles. The Hall–Kier alpha value is -2.72. The maximum absolute atomic E-state index is 13.6. The van der Waals surface area contributed by atoms with Crippen molar-refractivity contribution < 1.29 is 22.7 Å². The molecule has 174 valence electrons. The molecule has 2 atom stereocenters. The van der Waals surface area contributed by atoms with Crippen LogP contribution < -0.4 is 5.73 Å². The summed E-state index contributed by atoms with van der Waals surface area (Å²) in [5.41, 5.74) is 6.51. The summed E-state index contributed by atoms with van der Waals surface area (Å²) in [4.78, 5) is 23.6. The molecule has 0 spiro atoms. The largest absolute Gasteiger partial charge is 0.417 e. The number of nitrogens with zero attached hydrogens (tertiary/aromatic N) is 3. The van der Waals surface area contributed by atoms with Crippen molar-refractivity contribution in [2.24, 2.45) is 5.92 Å². The van der Waals surface area contributed by atoms with Crippen LogP contribution in [0.3, 0.4) is 0 Å². The Bertz CT molecular complexity index is 1170. The zero-order valence-electron chi connectivity index (χ0n) is 17.8. The molecular formula is C23H22BrF3N4O2. The van der Waals surface area contributed by atoms with E-state index in [1.165, 1.54) is 6.07 Å². The number of amides is 1. The van der Waals surface area contributed by atoms with E-state index in [0.29, 0.717) is 46.7 Å². The number of pyridine rings is 2. The molecule has 10 heteroatoms. The maximum Gasteiger partial charge on any atom is 0.417 e. The minimum Gasteiger partial charge on any atom is -0.383 e. The molecule has 1 aliphatic heterocycles. The van der Waals surface area contributed by atoms with Gasteiger partial charge in [-0.05, 0) is 58.7 Å². The number of rotatable bonds is 4. The second kappa shape index (κ2) is 9.26. The Labute approximate surface area is 197 Å². The van der Waals surface area contributed by atoms with Crippen LogP contribution in [0.25, 0.3) is 10.9 Å². The number of ether oxygens (including phenoxy) is 1. The number of hydrogen-bond acceptors (Lipinski definition) is 5. The third kappa shape index (κ3) is 5.11. The molecule has 1 aliphatic rings. The van der Waals surface area contributed by atoms with E-state index >= 15 is 0 Å². The molecule has 2 aromatic heterocycles. The summed E-state index contributed by atoms with van der Waals surface area (Å²) < 4.78 is 44.9. The number of nitrogen functional groups attached to an aromatic ring is 1. The third-order valence-electron chi connectivity index (χ3n) is 5.78. The fourth-order valence-electron chi connectivity index (χ4n) is 4.00. The van der Waals surface area contributed by atoms with Gasteiger partial charge in [0.05, 0.1) is 34.4 Å². The van der Waals surface area contributed by atoms with Gasteiger partial charge >= 0.3 is 6.18 Å². The van der Waals surface area contributed by atoms with Crippen LogP contribution in [-0.4, -0.2) is 40.0 Å². The Morgan fingerprint density at radius 3 is 2.73 bits per heavy atom. The molecule has 6 nitrogen and oxygen atoms in total. The average molecular weight is 523 g/mol. The van der Waals surface area contributed by atoms with E-state index in [9.17, 15) is 18.0 Å². The Kier molecular flexibility index (Phi) is 6.58. The number of fused-ring (bicyclic) bond motifs is 1. The second-order valence-corrected chi connectivity index (χ2v) is 8.99. The van der Waals surface area contributed by atoms with Gasteiger partial charge < -0.3 is 15.4 Å². The van der Waals surface area contributed by atoms with Crippen molar-refractivity contribution in [3.8, 4) is 0 Å². The number of anilines is 1. The van der Waals surface area contributed by atoms with Crippen molar-refractivity contribution in [2.45, 2.75) is 32.1 Å². The predicted octanol–water partition coefficient (Wildman–Crippen LogP) is 5.06. The summed E-state index contributed by atoms with van der Waals surface area (Å²) in [5, 5.41) is 0.745. The van der Waals surface area contributed by atoms with E-state index in [0.717, 1.165) is 17.6 Å². The third-order valence-corrected chi connectivity index (χ3v) is 6.42. The zero-order chi connectivity index (χ0) is 23.8. The number of alkyl halides is 3. The van der Waals surface area contributed by atoms with Gasteiger partial charge in [-0.15, -0.1) is 0 Å². The average Bonchev–Trinajstić information content (AvgIpc) is 2.78. The van der Waals surface area contributed by atoms with Crippen molar-refractivity contribution in [2.75, 3.05) is 18.9 Å². The number of hydrogen-bond donors (Lipinski definition) is 1. The fourth-order valence-corrected chi connectivity index (χ4v) is 4.33. The van der Waals surface area contributed by atoms with E-state index in [1.54, 1.807) is 29.2 Å². The first-order valence-electron chi connectivity index (χ1n) is 10.4. The lowest BCUT2D eigenvalue weighted by Crippen LogP contribution is -2.47. The topological polar surface area (TPSA) is 81.3 Å². The molecule has 0 aliphatic carbocycles. The maximum atomic E-state index is 13.6. The lowest BCUT2D eigenvalue weighted by molar-refractivity contribution is -0.137. The normalized spacial score (nSPS) is 18.9. The van der Waals surface area contributed by atoms with Crippen molar-refractivity contribution >= 4 is 38.6 Å². The summed E-state index contributed by atoms with van der Waals surface area (Å²) in [5.74, 6) is 0.186. The highest BCUT2D eigenvalue weighted by atomic mass is 79.9. The van der Waals surface area contributed by atoms with Crippen LogP contribution >= 0.6 is 15.9 Å². The number of halogens is 4. The molecule has 0 unspecified atom stereocenters. The van der Waals surface area contributed by atoms with Gasteiger partial charge in [0.2, 0.25) is 0 Å². The summed E-state index contributed by atoms with van der Waals surface area (Å²) in [6, 6.07) is 9.12. The van der Waals surface area contributed by atoms with Crippen molar-refractivity contribution in [3.05, 3.63) is 63.9 Å². The fraction of sp³-hybridized carbons (Fsp3) is 0.348. The summed E-state index contributed by atoms with van der Waals surface area (Å²) in [6.07, 6.45) is -3.03. The SMILES string of the molecule is C[C@H]1COCC[C@@H]1N(Cc1ccc(C(F)(F)F)cn1)C(=O)c1ccc2nc(N)c(Br)cc2c1. The first-order chi connectivity index (χ1) is 15.6. The molecule has 1 amide bonds. The van der Waals surface area contributed by atoms with Crippen LogP contribution in [0.4, 0.5) is 19.0 Å². The van der Waals surface area contributed by atoms with Crippen molar-refractivity contribution in [1.82, 2.24) is 14.9 Å².